The number of carbonyl (C=O) groups is 1. The van der Waals surface area contributed by atoms with Gasteiger partial charge in [0.15, 0.2) is 29.2 Å². The zero-order valence-corrected chi connectivity index (χ0v) is 41.7. The molecule has 4 rings (SSSR count). The lowest BCUT2D eigenvalue weighted by atomic mass is 9.77. The van der Waals surface area contributed by atoms with Gasteiger partial charge in [-0.25, -0.2) is 0 Å². The van der Waals surface area contributed by atoms with Crippen LogP contribution in [0.4, 0.5) is 0 Å². The largest absolute Gasteiger partial charge is 0.459 e. The summed E-state index contributed by atoms with van der Waals surface area (Å²) in [7, 11) is 1.68. The zero-order chi connectivity index (χ0) is 44.1. The topological polar surface area (TPSA) is 138 Å². The average Bonchev–Trinajstić information content (AvgIpc) is 3.73. The van der Waals surface area contributed by atoms with E-state index in [0.717, 1.165) is 6.42 Å². The first-order valence-corrected chi connectivity index (χ1v) is 28.9. The highest BCUT2D eigenvalue weighted by Gasteiger charge is 2.60. The number of hydrogen-bond acceptors (Lipinski definition) is 13. The van der Waals surface area contributed by atoms with Crippen molar-refractivity contribution < 1.29 is 52.3 Å². The summed E-state index contributed by atoms with van der Waals surface area (Å²) in [6, 6.07) is -0.119. The number of ether oxygens (including phenoxy) is 6. The monoisotopic (exact) mass is 861 g/mol. The number of rotatable bonds is 11. The average molecular weight is 861 g/mol. The van der Waals surface area contributed by atoms with Gasteiger partial charge in [-0.05, 0) is 127 Å². The van der Waals surface area contributed by atoms with E-state index >= 15 is 0 Å². The van der Waals surface area contributed by atoms with Crippen LogP contribution in [0.15, 0.2) is 0 Å². The molecule has 0 saturated carbocycles. The van der Waals surface area contributed by atoms with Crippen molar-refractivity contribution >= 4 is 22.6 Å². The van der Waals surface area contributed by atoms with Crippen LogP contribution < -0.4 is 0 Å². The molecule has 0 bridgehead atoms. The Hall–Kier alpha value is -0.536. The summed E-state index contributed by atoms with van der Waals surface area (Å²) in [5.74, 6) is -1.94. The van der Waals surface area contributed by atoms with Crippen molar-refractivity contribution in [1.29, 1.82) is 0 Å². The van der Waals surface area contributed by atoms with Crippen molar-refractivity contribution in [2.75, 3.05) is 27.7 Å². The lowest BCUT2D eigenvalue weighted by molar-refractivity contribution is -0.315. The van der Waals surface area contributed by atoms with Gasteiger partial charge in [0.05, 0.1) is 53.7 Å². The summed E-state index contributed by atoms with van der Waals surface area (Å²) in [5.41, 5.74) is -3.46. The molecule has 13 nitrogen and oxygen atoms in total. The second-order valence-electron chi connectivity index (χ2n) is 21.3. The van der Waals surface area contributed by atoms with Gasteiger partial charge in [-0.3, -0.25) is 9.69 Å². The molecule has 4 aliphatic rings. The summed E-state index contributed by atoms with van der Waals surface area (Å²) in [6.07, 6.45) is -3.42. The van der Waals surface area contributed by atoms with Crippen LogP contribution in [0.2, 0.25) is 39.3 Å². The standard InChI is InChI=1S/C43H84N2O11Si2/c1-20-32-43(10,48)36-29(6)45(36)24-25(2)22-41(8,47)37(54-40-35(55-57(14,15)16)31(44(11)12)21-26(3)50-40)27(4)34(28(5)39(46)52-32)53-33-23-42(9,49-13)38(30(7)51-33)56-58(17,18)19/h25-38,40,47-48H,20-24H2,1-19H3/t25-,26-,27+,28-,29?,30+,31+,32-,33+,34+,35-,36?,37-,38+,40+,41+,42-,43-,45?/m1/s1. The normalized spacial score (nSPS) is 47.6. The molecule has 4 aliphatic heterocycles. The predicted molar refractivity (Wildman–Crippen MR) is 230 cm³/mol. The van der Waals surface area contributed by atoms with Gasteiger partial charge in [-0.2, -0.15) is 0 Å². The zero-order valence-electron chi connectivity index (χ0n) is 39.7. The van der Waals surface area contributed by atoms with Crippen molar-refractivity contribution in [3.63, 3.8) is 0 Å². The molecule has 15 heteroatoms. The third-order valence-electron chi connectivity index (χ3n) is 13.1. The Morgan fingerprint density at radius 1 is 0.862 bits per heavy atom. The first-order chi connectivity index (χ1) is 26.5. The van der Waals surface area contributed by atoms with E-state index < -0.39 is 88.2 Å². The summed E-state index contributed by atoms with van der Waals surface area (Å²) in [5, 5.41) is 24.9. The van der Waals surface area contributed by atoms with Crippen LogP contribution in [0.3, 0.4) is 0 Å². The minimum Gasteiger partial charge on any atom is -0.459 e. The highest BCUT2D eigenvalue weighted by Crippen LogP contribution is 2.45. The number of hydrogen-bond donors (Lipinski definition) is 2. The Morgan fingerprint density at radius 3 is 2.00 bits per heavy atom. The summed E-state index contributed by atoms with van der Waals surface area (Å²) in [4.78, 5) is 18.9. The summed E-state index contributed by atoms with van der Waals surface area (Å²) < 4.78 is 53.5. The highest BCUT2D eigenvalue weighted by molar-refractivity contribution is 6.70. The third kappa shape index (κ3) is 11.7. The van der Waals surface area contributed by atoms with E-state index in [1.807, 2.05) is 41.5 Å². The maximum Gasteiger partial charge on any atom is 0.311 e. The molecule has 0 spiro atoms. The van der Waals surface area contributed by atoms with Gasteiger partial charge in [-0.1, -0.05) is 20.8 Å². The molecule has 2 N–H and O–H groups in total. The number of cyclic esters (lactones) is 1. The van der Waals surface area contributed by atoms with Crippen molar-refractivity contribution in [3.8, 4) is 0 Å². The highest BCUT2D eigenvalue weighted by atomic mass is 28.4. The van der Waals surface area contributed by atoms with Gasteiger partial charge in [0, 0.05) is 38.1 Å². The Labute approximate surface area is 353 Å². The molecule has 19 atom stereocenters. The maximum absolute atomic E-state index is 14.5. The summed E-state index contributed by atoms with van der Waals surface area (Å²) in [6.45, 7) is 33.2. The first-order valence-electron chi connectivity index (χ1n) is 22.1. The number of fused-ring (bicyclic) bond motifs is 1. The molecular formula is C43H84N2O11Si2. The van der Waals surface area contributed by atoms with E-state index in [1.54, 1.807) is 21.0 Å². The van der Waals surface area contributed by atoms with Crippen LogP contribution in [0.1, 0.15) is 94.9 Å². The molecule has 58 heavy (non-hydrogen) atoms. The van der Waals surface area contributed by atoms with Crippen LogP contribution in [0, 0.1) is 17.8 Å². The molecule has 0 radical (unpaired) electrons. The lowest BCUT2D eigenvalue weighted by Crippen LogP contribution is -2.62. The van der Waals surface area contributed by atoms with Gasteiger partial charge < -0.3 is 52.4 Å². The minimum absolute atomic E-state index is 0.00846. The molecule has 0 aromatic rings. The Balaban J connectivity index is 1.83. The second-order valence-corrected chi connectivity index (χ2v) is 30.3. The molecule has 4 saturated heterocycles. The van der Waals surface area contributed by atoms with Crippen molar-refractivity contribution in [1.82, 2.24) is 9.80 Å². The maximum atomic E-state index is 14.5. The van der Waals surface area contributed by atoms with Gasteiger partial charge in [0.25, 0.3) is 0 Å². The lowest BCUT2D eigenvalue weighted by Gasteiger charge is -2.51. The Morgan fingerprint density at radius 2 is 1.47 bits per heavy atom. The second kappa shape index (κ2) is 18.7. The van der Waals surface area contributed by atoms with E-state index in [-0.39, 0.29) is 42.4 Å². The van der Waals surface area contributed by atoms with E-state index in [0.29, 0.717) is 25.8 Å². The number of carbonyl (C=O) groups excluding carboxylic acids is 1. The van der Waals surface area contributed by atoms with Gasteiger partial charge in [0.1, 0.15) is 17.8 Å². The quantitative estimate of drug-likeness (QED) is 0.143. The Bertz CT molecular complexity index is 1360. The molecule has 3 unspecified atom stereocenters. The molecule has 4 fully saturated rings. The van der Waals surface area contributed by atoms with E-state index in [1.165, 1.54) is 0 Å². The number of aliphatic hydroxyl groups is 2. The number of likely N-dealkylation sites (N-methyl/N-ethyl adjacent to an activating group) is 1. The molecule has 0 aliphatic carbocycles. The van der Waals surface area contributed by atoms with Gasteiger partial charge in [0.2, 0.25) is 0 Å². The SMILES string of the molecule is CC[C@H]1OC(=O)[C@H](C)[C@@H](O[C@H]2C[C@@](C)(OC)[C@@H](O[Si](C)(C)C)[C@H](C)O2)[C@H](C)[C@@H](O[C@@H]2O[C@H](C)C[C@H](N(C)C)[C@H]2O[Si](C)(C)C)[C@@](C)(O)C[C@@H](C)CN2C(C)C2[C@]1(C)O. The molecule has 0 aromatic carbocycles. The third-order valence-corrected chi connectivity index (χ3v) is 15.1. The van der Waals surface area contributed by atoms with Crippen LogP contribution in [0.5, 0.6) is 0 Å². The molecular weight excluding hydrogens is 777 g/mol. The van der Waals surface area contributed by atoms with Crippen LogP contribution >= 0.6 is 0 Å². The van der Waals surface area contributed by atoms with Gasteiger partial charge >= 0.3 is 5.97 Å². The number of esters is 1. The van der Waals surface area contributed by atoms with E-state index in [9.17, 15) is 15.0 Å². The predicted octanol–water partition coefficient (Wildman–Crippen LogP) is 6.01. The van der Waals surface area contributed by atoms with Gasteiger partial charge in [-0.15, -0.1) is 0 Å². The van der Waals surface area contributed by atoms with Crippen molar-refractivity contribution in [2.45, 2.75) is 224 Å². The summed E-state index contributed by atoms with van der Waals surface area (Å²) >= 11 is 0. The molecule has 4 heterocycles. The minimum atomic E-state index is -2.12. The molecule has 0 aromatic heterocycles. The molecule has 340 valence electrons. The fraction of sp³-hybridized carbons (Fsp3) is 0.977. The number of methoxy groups -OCH3 is 1. The van der Waals surface area contributed by atoms with Crippen LogP contribution in [0.25, 0.3) is 0 Å². The van der Waals surface area contributed by atoms with E-state index in [2.05, 4.69) is 77.0 Å². The van der Waals surface area contributed by atoms with E-state index in [4.69, 9.17) is 37.3 Å². The number of nitrogens with zero attached hydrogens (tertiary/aromatic N) is 2. The van der Waals surface area contributed by atoms with Crippen molar-refractivity contribution in [3.05, 3.63) is 0 Å². The van der Waals surface area contributed by atoms with Crippen LogP contribution in [-0.4, -0.2) is 161 Å². The Kier molecular flexibility index (Phi) is 16.1. The van der Waals surface area contributed by atoms with Crippen LogP contribution in [-0.2, 0) is 42.1 Å². The van der Waals surface area contributed by atoms with Crippen molar-refractivity contribution in [2.24, 2.45) is 17.8 Å². The fourth-order valence-corrected chi connectivity index (χ4v) is 12.6. The smallest absolute Gasteiger partial charge is 0.311 e. The molecule has 0 amide bonds. The fourth-order valence-electron chi connectivity index (χ4n) is 10.3. The first kappa shape index (κ1) is 50.1.